The molecule has 0 radical (unpaired) electrons. The number of sulfonamides is 1. The largest absolute Gasteiger partial charge is 0.495 e. The summed E-state index contributed by atoms with van der Waals surface area (Å²) < 4.78 is 34.0. The van der Waals surface area contributed by atoms with E-state index < -0.39 is 14.9 Å². The summed E-state index contributed by atoms with van der Waals surface area (Å²) in [5, 5.41) is 11.2. The van der Waals surface area contributed by atoms with Crippen molar-refractivity contribution in [3.63, 3.8) is 0 Å². The van der Waals surface area contributed by atoms with Crippen LogP contribution in [-0.2, 0) is 10.0 Å². The maximum Gasteiger partial charge on any atom is 0.270 e. The Morgan fingerprint density at radius 1 is 1.11 bits per heavy atom. The first-order chi connectivity index (χ1) is 13.3. The third-order valence-electron chi connectivity index (χ3n) is 4.64. The summed E-state index contributed by atoms with van der Waals surface area (Å²) >= 11 is 0. The third-order valence-corrected chi connectivity index (χ3v) is 6.03. The second kappa shape index (κ2) is 8.03. The van der Waals surface area contributed by atoms with Crippen LogP contribution in [-0.4, -0.2) is 58.6 Å². The SMILES string of the molecule is COc1ccccc1NS(=O)(=O)c1cc([N+](=O)[O-])ccc1N1CCN(C)CC1. The van der Waals surface area contributed by atoms with Gasteiger partial charge in [0.2, 0.25) is 0 Å². The molecule has 9 nitrogen and oxygen atoms in total. The molecular formula is C18H22N4O5S. The Morgan fingerprint density at radius 2 is 1.79 bits per heavy atom. The lowest BCUT2D eigenvalue weighted by Crippen LogP contribution is -2.45. The molecule has 1 N–H and O–H groups in total. The number of likely N-dealkylation sites (N-methyl/N-ethyl adjacent to an activating group) is 1. The highest BCUT2D eigenvalue weighted by Gasteiger charge is 2.27. The van der Waals surface area contributed by atoms with Gasteiger partial charge in [0.25, 0.3) is 15.7 Å². The van der Waals surface area contributed by atoms with Crippen LogP contribution < -0.4 is 14.4 Å². The first-order valence-electron chi connectivity index (χ1n) is 8.69. The molecule has 2 aromatic carbocycles. The molecule has 0 unspecified atom stereocenters. The van der Waals surface area contributed by atoms with Gasteiger partial charge in [-0.05, 0) is 25.2 Å². The monoisotopic (exact) mass is 406 g/mol. The van der Waals surface area contributed by atoms with E-state index in [4.69, 9.17) is 4.74 Å². The maximum atomic E-state index is 13.1. The van der Waals surface area contributed by atoms with Crippen molar-refractivity contribution in [3.8, 4) is 5.75 Å². The predicted molar refractivity (Wildman–Crippen MR) is 107 cm³/mol. The van der Waals surface area contributed by atoms with Crippen molar-refractivity contribution in [2.24, 2.45) is 0 Å². The van der Waals surface area contributed by atoms with Gasteiger partial charge < -0.3 is 14.5 Å². The van der Waals surface area contributed by atoms with E-state index in [-0.39, 0.29) is 16.3 Å². The number of nitro groups is 1. The van der Waals surface area contributed by atoms with Crippen LogP contribution in [0.4, 0.5) is 17.1 Å². The van der Waals surface area contributed by atoms with E-state index >= 15 is 0 Å². The average molecular weight is 406 g/mol. The number of anilines is 2. The number of nitrogens with one attached hydrogen (secondary N) is 1. The Balaban J connectivity index is 2.04. The molecule has 1 saturated heterocycles. The van der Waals surface area contributed by atoms with Gasteiger partial charge in [-0.15, -0.1) is 0 Å². The Bertz CT molecular complexity index is 972. The standard InChI is InChI=1S/C18H22N4O5S/c1-20-9-11-21(12-10-20)16-8-7-14(22(23)24)13-18(16)28(25,26)19-15-5-3-4-6-17(15)27-2/h3-8,13,19H,9-12H2,1-2H3. The summed E-state index contributed by atoms with van der Waals surface area (Å²) in [5.74, 6) is 0.359. The van der Waals surface area contributed by atoms with Gasteiger partial charge >= 0.3 is 0 Å². The number of para-hydroxylation sites is 2. The van der Waals surface area contributed by atoms with E-state index in [1.165, 1.54) is 19.2 Å². The van der Waals surface area contributed by atoms with Gasteiger partial charge in [-0.25, -0.2) is 8.42 Å². The minimum atomic E-state index is -4.09. The molecule has 1 aliphatic rings. The van der Waals surface area contributed by atoms with Crippen LogP contribution in [0.1, 0.15) is 0 Å². The number of non-ortho nitro benzene ring substituents is 1. The number of hydrogen-bond donors (Lipinski definition) is 1. The molecule has 0 spiro atoms. The molecule has 0 aliphatic carbocycles. The molecule has 0 atom stereocenters. The van der Waals surface area contributed by atoms with Gasteiger partial charge in [0.15, 0.2) is 0 Å². The zero-order chi connectivity index (χ0) is 20.3. The first kappa shape index (κ1) is 19.9. The van der Waals surface area contributed by atoms with Crippen molar-refractivity contribution >= 4 is 27.1 Å². The van der Waals surface area contributed by atoms with Crippen LogP contribution in [0, 0.1) is 10.1 Å². The number of rotatable bonds is 6. The van der Waals surface area contributed by atoms with E-state index in [9.17, 15) is 18.5 Å². The zero-order valence-corrected chi connectivity index (χ0v) is 16.5. The molecule has 1 fully saturated rings. The van der Waals surface area contributed by atoms with Gasteiger partial charge in [-0.2, -0.15) is 0 Å². The topological polar surface area (TPSA) is 105 Å². The summed E-state index contributed by atoms with van der Waals surface area (Å²) in [6.45, 7) is 2.81. The van der Waals surface area contributed by atoms with E-state index in [1.54, 1.807) is 24.3 Å². The van der Waals surface area contributed by atoms with E-state index in [0.717, 1.165) is 19.2 Å². The number of methoxy groups -OCH3 is 1. The lowest BCUT2D eigenvalue weighted by atomic mass is 10.2. The summed E-state index contributed by atoms with van der Waals surface area (Å²) in [6.07, 6.45) is 0. The molecule has 0 amide bonds. The first-order valence-corrected chi connectivity index (χ1v) is 10.2. The molecule has 3 rings (SSSR count). The minimum absolute atomic E-state index is 0.128. The lowest BCUT2D eigenvalue weighted by molar-refractivity contribution is -0.385. The Morgan fingerprint density at radius 3 is 2.43 bits per heavy atom. The van der Waals surface area contributed by atoms with E-state index in [2.05, 4.69) is 9.62 Å². The quantitative estimate of drug-likeness (QED) is 0.579. The molecule has 0 saturated carbocycles. The summed E-state index contributed by atoms with van der Waals surface area (Å²) in [4.78, 5) is 14.6. The number of nitro benzene ring substituents is 1. The van der Waals surface area contributed by atoms with Gasteiger partial charge in [0.1, 0.15) is 10.6 Å². The summed E-state index contributed by atoms with van der Waals surface area (Å²) in [7, 11) is -0.650. The van der Waals surface area contributed by atoms with Gasteiger partial charge in [-0.1, -0.05) is 12.1 Å². The Labute approximate surface area is 163 Å². The maximum absolute atomic E-state index is 13.1. The Hall–Kier alpha value is -2.85. The molecule has 0 bridgehead atoms. The number of piperazine rings is 1. The number of hydrogen-bond acceptors (Lipinski definition) is 7. The zero-order valence-electron chi connectivity index (χ0n) is 15.7. The van der Waals surface area contributed by atoms with Gasteiger partial charge in [-0.3, -0.25) is 14.8 Å². The normalized spacial score (nSPS) is 15.3. The number of nitrogens with zero attached hydrogens (tertiary/aromatic N) is 3. The fourth-order valence-corrected chi connectivity index (χ4v) is 4.39. The van der Waals surface area contributed by atoms with Crippen molar-refractivity contribution in [1.82, 2.24) is 4.90 Å². The van der Waals surface area contributed by atoms with E-state index in [0.29, 0.717) is 24.5 Å². The molecule has 2 aromatic rings. The van der Waals surface area contributed by atoms with Crippen LogP contribution in [0.25, 0.3) is 0 Å². The van der Waals surface area contributed by atoms with Crippen LogP contribution in [0.5, 0.6) is 5.75 Å². The third kappa shape index (κ3) is 4.18. The molecule has 150 valence electrons. The van der Waals surface area contributed by atoms with Gasteiger partial charge in [0.05, 0.1) is 23.4 Å². The van der Waals surface area contributed by atoms with E-state index in [1.807, 2.05) is 11.9 Å². The highest BCUT2D eigenvalue weighted by molar-refractivity contribution is 7.93. The van der Waals surface area contributed by atoms with Crippen molar-refractivity contribution < 1.29 is 18.1 Å². The predicted octanol–water partition coefficient (Wildman–Crippen LogP) is 2.16. The van der Waals surface area contributed by atoms with Crippen molar-refractivity contribution in [1.29, 1.82) is 0 Å². The van der Waals surface area contributed by atoms with Crippen molar-refractivity contribution in [2.75, 3.05) is 50.0 Å². The van der Waals surface area contributed by atoms with Crippen molar-refractivity contribution in [2.45, 2.75) is 4.90 Å². The highest BCUT2D eigenvalue weighted by atomic mass is 32.2. The Kier molecular flexibility index (Phi) is 5.71. The smallest absolute Gasteiger partial charge is 0.270 e. The average Bonchev–Trinajstić information content (AvgIpc) is 2.68. The molecular weight excluding hydrogens is 384 g/mol. The number of benzene rings is 2. The summed E-state index contributed by atoms with van der Waals surface area (Å²) in [6, 6.07) is 10.5. The van der Waals surface area contributed by atoms with Crippen molar-refractivity contribution in [3.05, 3.63) is 52.6 Å². The minimum Gasteiger partial charge on any atom is -0.495 e. The fourth-order valence-electron chi connectivity index (χ4n) is 3.07. The van der Waals surface area contributed by atoms with Crippen LogP contribution in [0.2, 0.25) is 0 Å². The van der Waals surface area contributed by atoms with Crippen LogP contribution >= 0.6 is 0 Å². The number of ether oxygens (including phenoxy) is 1. The second-order valence-electron chi connectivity index (χ2n) is 6.51. The fraction of sp³-hybridized carbons (Fsp3) is 0.333. The van der Waals surface area contributed by atoms with Crippen LogP contribution in [0.3, 0.4) is 0 Å². The summed E-state index contributed by atoms with van der Waals surface area (Å²) in [5.41, 5.74) is 0.431. The second-order valence-corrected chi connectivity index (χ2v) is 8.16. The molecule has 10 heteroatoms. The highest BCUT2D eigenvalue weighted by Crippen LogP contribution is 2.33. The molecule has 28 heavy (non-hydrogen) atoms. The molecule has 0 aromatic heterocycles. The van der Waals surface area contributed by atoms with Gasteiger partial charge in [0, 0.05) is 38.3 Å². The molecule has 1 heterocycles. The van der Waals surface area contributed by atoms with Crippen LogP contribution in [0.15, 0.2) is 47.4 Å². The lowest BCUT2D eigenvalue weighted by Gasteiger charge is -2.34. The molecule has 1 aliphatic heterocycles.